The fourth-order valence-corrected chi connectivity index (χ4v) is 3.24. The molecule has 3 aromatic rings. The van der Waals surface area contributed by atoms with Crippen LogP contribution in [0.3, 0.4) is 0 Å². The molecule has 6 heteroatoms. The Balaban J connectivity index is 1.38. The van der Waals surface area contributed by atoms with Crippen molar-refractivity contribution in [3.8, 4) is 11.4 Å². The normalized spacial score (nSPS) is 15.4. The number of anilines is 1. The van der Waals surface area contributed by atoms with Gasteiger partial charge in [0.25, 0.3) is 0 Å². The summed E-state index contributed by atoms with van der Waals surface area (Å²) in [4.78, 5) is 18.3. The number of oxazole rings is 1. The van der Waals surface area contributed by atoms with Crippen LogP contribution in [0.4, 0.5) is 5.82 Å². The maximum absolute atomic E-state index is 5.84. The molecule has 6 nitrogen and oxygen atoms in total. The Bertz CT molecular complexity index is 869. The molecule has 140 valence electrons. The maximum atomic E-state index is 5.84. The van der Waals surface area contributed by atoms with E-state index >= 15 is 0 Å². The van der Waals surface area contributed by atoms with E-state index in [9.17, 15) is 0 Å². The van der Waals surface area contributed by atoms with E-state index in [2.05, 4.69) is 33.6 Å². The van der Waals surface area contributed by atoms with Gasteiger partial charge in [-0.15, -0.1) is 0 Å². The molecule has 0 N–H and O–H groups in total. The third kappa shape index (κ3) is 4.17. The average molecular weight is 363 g/mol. The van der Waals surface area contributed by atoms with Crippen molar-refractivity contribution in [3.63, 3.8) is 0 Å². The molecular formula is C21H25N5O. The van der Waals surface area contributed by atoms with Crippen LogP contribution in [0.1, 0.15) is 31.4 Å². The molecule has 1 aromatic carbocycles. The zero-order valence-electron chi connectivity index (χ0n) is 15.9. The molecule has 0 bridgehead atoms. The minimum atomic E-state index is 0.375. The topological polar surface area (TPSA) is 58.3 Å². The van der Waals surface area contributed by atoms with Crippen molar-refractivity contribution >= 4 is 5.82 Å². The largest absolute Gasteiger partial charge is 0.444 e. The number of rotatable bonds is 5. The lowest BCUT2D eigenvalue weighted by molar-refractivity contribution is 0.223. The van der Waals surface area contributed by atoms with Crippen LogP contribution < -0.4 is 4.90 Å². The molecule has 3 heterocycles. The van der Waals surface area contributed by atoms with Crippen LogP contribution in [0.25, 0.3) is 11.4 Å². The number of benzene rings is 1. The second kappa shape index (κ2) is 7.88. The molecule has 0 atom stereocenters. The third-order valence-corrected chi connectivity index (χ3v) is 4.87. The second-order valence-corrected chi connectivity index (χ2v) is 7.18. The Morgan fingerprint density at radius 1 is 1.00 bits per heavy atom. The van der Waals surface area contributed by atoms with Crippen molar-refractivity contribution in [2.24, 2.45) is 0 Å². The Hall–Kier alpha value is -2.73. The SMILES string of the molecule is CC(C)c1cnc(CN2CCN(c3ccnc(-c4ccccc4)n3)CC2)o1. The zero-order chi connectivity index (χ0) is 18.6. The highest BCUT2D eigenvalue weighted by molar-refractivity contribution is 5.57. The van der Waals surface area contributed by atoms with Gasteiger partial charge in [-0.25, -0.2) is 15.0 Å². The molecular weight excluding hydrogens is 338 g/mol. The Morgan fingerprint density at radius 3 is 2.48 bits per heavy atom. The van der Waals surface area contributed by atoms with E-state index < -0.39 is 0 Å². The van der Waals surface area contributed by atoms with E-state index in [0.29, 0.717) is 5.92 Å². The van der Waals surface area contributed by atoms with Gasteiger partial charge in [0.15, 0.2) is 5.82 Å². The molecule has 1 aliphatic heterocycles. The summed E-state index contributed by atoms with van der Waals surface area (Å²) in [6.45, 7) is 8.79. The maximum Gasteiger partial charge on any atom is 0.208 e. The van der Waals surface area contributed by atoms with Gasteiger partial charge in [0.1, 0.15) is 11.6 Å². The molecule has 27 heavy (non-hydrogen) atoms. The van der Waals surface area contributed by atoms with Crippen LogP contribution in [0, 0.1) is 0 Å². The summed E-state index contributed by atoms with van der Waals surface area (Å²) in [5.41, 5.74) is 1.04. The Kier molecular flexibility index (Phi) is 5.16. The van der Waals surface area contributed by atoms with Crippen molar-refractivity contribution in [1.29, 1.82) is 0 Å². The number of hydrogen-bond donors (Lipinski definition) is 0. The summed E-state index contributed by atoms with van der Waals surface area (Å²) in [5, 5.41) is 0. The minimum Gasteiger partial charge on any atom is -0.444 e. The summed E-state index contributed by atoms with van der Waals surface area (Å²) in [5.74, 6) is 3.90. The molecule has 0 unspecified atom stereocenters. The number of aromatic nitrogens is 3. The molecule has 1 aliphatic rings. The zero-order valence-corrected chi connectivity index (χ0v) is 15.9. The second-order valence-electron chi connectivity index (χ2n) is 7.18. The Labute approximate surface area is 159 Å². The predicted octanol–water partition coefficient (Wildman–Crippen LogP) is 3.58. The fraction of sp³-hybridized carbons (Fsp3) is 0.381. The van der Waals surface area contributed by atoms with E-state index in [4.69, 9.17) is 9.40 Å². The van der Waals surface area contributed by atoms with Crippen LogP contribution in [0.15, 0.2) is 53.2 Å². The van der Waals surface area contributed by atoms with Crippen molar-refractivity contribution in [2.75, 3.05) is 31.1 Å². The number of piperazine rings is 1. The first kappa shape index (κ1) is 17.7. The highest BCUT2D eigenvalue weighted by Crippen LogP contribution is 2.20. The van der Waals surface area contributed by atoms with Gasteiger partial charge in [0, 0.05) is 43.9 Å². The van der Waals surface area contributed by atoms with Crippen molar-refractivity contribution in [3.05, 3.63) is 60.4 Å². The molecule has 2 aromatic heterocycles. The number of nitrogens with zero attached hydrogens (tertiary/aromatic N) is 5. The van der Waals surface area contributed by atoms with Crippen LogP contribution in [0.5, 0.6) is 0 Å². The third-order valence-electron chi connectivity index (χ3n) is 4.87. The quantitative estimate of drug-likeness (QED) is 0.691. The van der Waals surface area contributed by atoms with E-state index in [-0.39, 0.29) is 0 Å². The fourth-order valence-electron chi connectivity index (χ4n) is 3.24. The standard InChI is InChI=1S/C21H25N5O/c1-16(2)18-14-23-20(27-18)15-25-10-12-26(13-11-25)19-8-9-22-21(24-19)17-6-4-3-5-7-17/h3-9,14,16H,10-13,15H2,1-2H3. The monoisotopic (exact) mass is 363 g/mol. The molecule has 0 amide bonds. The lowest BCUT2D eigenvalue weighted by Crippen LogP contribution is -2.46. The van der Waals surface area contributed by atoms with Gasteiger partial charge in [-0.1, -0.05) is 44.2 Å². The molecule has 1 saturated heterocycles. The molecule has 4 rings (SSSR count). The highest BCUT2D eigenvalue weighted by atomic mass is 16.4. The smallest absolute Gasteiger partial charge is 0.208 e. The van der Waals surface area contributed by atoms with Gasteiger partial charge in [-0.05, 0) is 6.07 Å². The molecule has 1 fully saturated rings. The van der Waals surface area contributed by atoms with E-state index in [0.717, 1.165) is 61.6 Å². The van der Waals surface area contributed by atoms with Gasteiger partial charge >= 0.3 is 0 Å². The summed E-state index contributed by atoms with van der Waals surface area (Å²) >= 11 is 0. The molecule has 0 spiro atoms. The number of hydrogen-bond acceptors (Lipinski definition) is 6. The van der Waals surface area contributed by atoms with Gasteiger partial charge < -0.3 is 9.32 Å². The van der Waals surface area contributed by atoms with Gasteiger partial charge in [-0.3, -0.25) is 4.90 Å². The van der Waals surface area contributed by atoms with Crippen LogP contribution in [0.2, 0.25) is 0 Å². The lowest BCUT2D eigenvalue weighted by Gasteiger charge is -2.34. The van der Waals surface area contributed by atoms with Crippen molar-refractivity contribution < 1.29 is 4.42 Å². The first-order valence-electron chi connectivity index (χ1n) is 9.49. The summed E-state index contributed by atoms with van der Waals surface area (Å²) < 4.78 is 5.84. The van der Waals surface area contributed by atoms with Gasteiger partial charge in [0.2, 0.25) is 5.89 Å². The van der Waals surface area contributed by atoms with Crippen LogP contribution in [-0.2, 0) is 6.54 Å². The van der Waals surface area contributed by atoms with Crippen LogP contribution in [-0.4, -0.2) is 46.0 Å². The first-order chi connectivity index (χ1) is 13.2. The molecule has 0 aliphatic carbocycles. The Morgan fingerprint density at radius 2 is 1.78 bits per heavy atom. The van der Waals surface area contributed by atoms with E-state index in [1.54, 1.807) is 0 Å². The van der Waals surface area contributed by atoms with Crippen molar-refractivity contribution in [2.45, 2.75) is 26.3 Å². The molecule has 0 radical (unpaired) electrons. The lowest BCUT2D eigenvalue weighted by atomic mass is 10.2. The first-order valence-corrected chi connectivity index (χ1v) is 9.49. The summed E-state index contributed by atoms with van der Waals surface area (Å²) in [7, 11) is 0. The highest BCUT2D eigenvalue weighted by Gasteiger charge is 2.20. The van der Waals surface area contributed by atoms with Gasteiger partial charge in [-0.2, -0.15) is 0 Å². The average Bonchev–Trinajstić information content (AvgIpc) is 3.18. The van der Waals surface area contributed by atoms with Gasteiger partial charge in [0.05, 0.1) is 12.7 Å². The molecule has 0 saturated carbocycles. The predicted molar refractivity (Wildman–Crippen MR) is 106 cm³/mol. The van der Waals surface area contributed by atoms with Crippen molar-refractivity contribution in [1.82, 2.24) is 19.9 Å². The van der Waals surface area contributed by atoms with E-state index in [1.807, 2.05) is 48.8 Å². The summed E-state index contributed by atoms with van der Waals surface area (Å²) in [6, 6.07) is 12.1. The minimum absolute atomic E-state index is 0.375. The van der Waals surface area contributed by atoms with Crippen LogP contribution >= 0.6 is 0 Å². The summed E-state index contributed by atoms with van der Waals surface area (Å²) in [6.07, 6.45) is 3.69. The van der Waals surface area contributed by atoms with E-state index in [1.165, 1.54) is 0 Å².